The highest BCUT2D eigenvalue weighted by Gasteiger charge is 2.24. The topological polar surface area (TPSA) is 49.3 Å². The van der Waals surface area contributed by atoms with Crippen molar-refractivity contribution in [3.63, 3.8) is 0 Å². The van der Waals surface area contributed by atoms with E-state index in [0.29, 0.717) is 18.0 Å². The number of carbonyl (C=O) groups excluding carboxylic acids is 1. The summed E-state index contributed by atoms with van der Waals surface area (Å²) in [6.07, 6.45) is 4.30. The summed E-state index contributed by atoms with van der Waals surface area (Å²) in [6, 6.07) is 3.49. The lowest BCUT2D eigenvalue weighted by atomic mass is 9.79. The lowest BCUT2D eigenvalue weighted by Crippen LogP contribution is -2.36. The normalized spacial score (nSPS) is 22.0. The van der Waals surface area contributed by atoms with Crippen molar-refractivity contribution in [1.29, 1.82) is 0 Å². The van der Waals surface area contributed by atoms with Gasteiger partial charge in [0.2, 0.25) is 5.91 Å². The van der Waals surface area contributed by atoms with Gasteiger partial charge in [0.05, 0.1) is 6.42 Å². The summed E-state index contributed by atoms with van der Waals surface area (Å²) < 4.78 is 25.9. The first-order valence-electron chi connectivity index (χ1n) is 7.41. The van der Waals surface area contributed by atoms with Crippen molar-refractivity contribution in [3.05, 3.63) is 35.4 Å². The van der Waals surface area contributed by atoms with Crippen LogP contribution < -0.4 is 5.32 Å². The predicted molar refractivity (Wildman–Crippen MR) is 75.6 cm³/mol. The molecule has 116 valence electrons. The molecule has 0 heterocycles. The molecule has 1 aliphatic carbocycles. The highest BCUT2D eigenvalue weighted by atomic mass is 19.2. The Morgan fingerprint density at radius 3 is 2.57 bits per heavy atom. The predicted octanol–water partition coefficient (Wildman–Crippen LogP) is 2.42. The second-order valence-electron chi connectivity index (χ2n) is 5.72. The summed E-state index contributed by atoms with van der Waals surface area (Å²) in [4.78, 5) is 11.9. The standard InChI is InChI=1S/C16H21F2NO2/c17-14-6-5-11(7-15(14)18)8-16(21)19-9-12-3-1-2-4-13(12)10-20/h5-7,12-13,20H,1-4,8-10H2,(H,19,21). The molecule has 1 saturated carbocycles. The van der Waals surface area contributed by atoms with Gasteiger partial charge in [-0.05, 0) is 42.4 Å². The molecule has 21 heavy (non-hydrogen) atoms. The van der Waals surface area contributed by atoms with Crippen LogP contribution in [0.2, 0.25) is 0 Å². The van der Waals surface area contributed by atoms with Crippen molar-refractivity contribution in [3.8, 4) is 0 Å². The van der Waals surface area contributed by atoms with E-state index in [0.717, 1.165) is 37.8 Å². The first-order valence-corrected chi connectivity index (χ1v) is 7.41. The van der Waals surface area contributed by atoms with Gasteiger partial charge in [0.15, 0.2) is 11.6 Å². The van der Waals surface area contributed by atoms with Crippen molar-refractivity contribution >= 4 is 5.91 Å². The summed E-state index contributed by atoms with van der Waals surface area (Å²) in [6.45, 7) is 0.692. The lowest BCUT2D eigenvalue weighted by Gasteiger charge is -2.30. The van der Waals surface area contributed by atoms with Crippen LogP contribution >= 0.6 is 0 Å². The number of hydrogen-bond acceptors (Lipinski definition) is 2. The Bertz CT molecular complexity index is 493. The van der Waals surface area contributed by atoms with Crippen LogP contribution in [-0.4, -0.2) is 24.2 Å². The van der Waals surface area contributed by atoms with Crippen LogP contribution in [0.4, 0.5) is 8.78 Å². The minimum atomic E-state index is -0.937. The maximum atomic E-state index is 13.1. The zero-order valence-electron chi connectivity index (χ0n) is 11.9. The third-order valence-corrected chi connectivity index (χ3v) is 4.21. The summed E-state index contributed by atoms with van der Waals surface area (Å²) in [7, 11) is 0. The zero-order valence-corrected chi connectivity index (χ0v) is 11.9. The third-order valence-electron chi connectivity index (χ3n) is 4.21. The Hall–Kier alpha value is -1.49. The number of aliphatic hydroxyl groups is 1. The molecule has 1 fully saturated rings. The van der Waals surface area contributed by atoms with Gasteiger partial charge in [-0.25, -0.2) is 8.78 Å². The zero-order chi connectivity index (χ0) is 15.2. The van der Waals surface area contributed by atoms with Gasteiger partial charge in [-0.2, -0.15) is 0 Å². The number of halogens is 2. The van der Waals surface area contributed by atoms with E-state index in [-0.39, 0.29) is 24.9 Å². The van der Waals surface area contributed by atoms with Crippen molar-refractivity contribution in [1.82, 2.24) is 5.32 Å². The maximum Gasteiger partial charge on any atom is 0.224 e. The van der Waals surface area contributed by atoms with E-state index < -0.39 is 11.6 Å². The molecular formula is C16H21F2NO2. The fourth-order valence-corrected chi connectivity index (χ4v) is 2.94. The second kappa shape index (κ2) is 7.50. The second-order valence-corrected chi connectivity index (χ2v) is 5.72. The molecule has 1 aromatic carbocycles. The molecule has 0 bridgehead atoms. The van der Waals surface area contributed by atoms with Crippen molar-refractivity contribution < 1.29 is 18.7 Å². The minimum absolute atomic E-state index is 0.0354. The smallest absolute Gasteiger partial charge is 0.224 e. The summed E-state index contributed by atoms with van der Waals surface area (Å²) in [5, 5.41) is 12.2. The highest BCUT2D eigenvalue weighted by Crippen LogP contribution is 2.29. The van der Waals surface area contributed by atoms with Crippen LogP contribution in [0, 0.1) is 23.5 Å². The first-order chi connectivity index (χ1) is 10.1. The van der Waals surface area contributed by atoms with E-state index in [1.807, 2.05) is 0 Å². The molecule has 1 aliphatic rings. The van der Waals surface area contributed by atoms with E-state index in [1.165, 1.54) is 6.07 Å². The number of nitrogens with one attached hydrogen (secondary N) is 1. The van der Waals surface area contributed by atoms with Crippen LogP contribution in [0.3, 0.4) is 0 Å². The van der Waals surface area contributed by atoms with Gasteiger partial charge in [-0.3, -0.25) is 4.79 Å². The van der Waals surface area contributed by atoms with E-state index in [9.17, 15) is 18.7 Å². The van der Waals surface area contributed by atoms with Crippen LogP contribution in [0.1, 0.15) is 31.2 Å². The molecule has 1 aromatic rings. The largest absolute Gasteiger partial charge is 0.396 e. The molecule has 0 aliphatic heterocycles. The van der Waals surface area contributed by atoms with Gasteiger partial charge in [0, 0.05) is 13.2 Å². The van der Waals surface area contributed by atoms with Gasteiger partial charge in [-0.1, -0.05) is 18.9 Å². The van der Waals surface area contributed by atoms with Gasteiger partial charge >= 0.3 is 0 Å². The maximum absolute atomic E-state index is 13.1. The molecule has 2 rings (SSSR count). The SMILES string of the molecule is O=C(Cc1ccc(F)c(F)c1)NCC1CCCCC1CO. The fraction of sp³-hybridized carbons (Fsp3) is 0.562. The number of hydrogen-bond donors (Lipinski definition) is 2. The van der Waals surface area contributed by atoms with E-state index in [2.05, 4.69) is 5.32 Å². The average Bonchev–Trinajstić information content (AvgIpc) is 2.49. The lowest BCUT2D eigenvalue weighted by molar-refractivity contribution is -0.120. The highest BCUT2D eigenvalue weighted by molar-refractivity contribution is 5.78. The van der Waals surface area contributed by atoms with Crippen LogP contribution in [-0.2, 0) is 11.2 Å². The molecule has 5 heteroatoms. The number of aliphatic hydroxyl groups excluding tert-OH is 1. The van der Waals surface area contributed by atoms with E-state index in [1.54, 1.807) is 0 Å². The van der Waals surface area contributed by atoms with Crippen molar-refractivity contribution in [2.75, 3.05) is 13.2 Å². The van der Waals surface area contributed by atoms with Gasteiger partial charge in [0.25, 0.3) is 0 Å². The Kier molecular flexibility index (Phi) is 5.67. The number of benzene rings is 1. The summed E-state index contributed by atoms with van der Waals surface area (Å²) in [5.74, 6) is -1.50. The Morgan fingerprint density at radius 2 is 1.90 bits per heavy atom. The molecule has 2 N–H and O–H groups in total. The van der Waals surface area contributed by atoms with Crippen LogP contribution in [0.5, 0.6) is 0 Å². The number of carbonyl (C=O) groups is 1. The Labute approximate surface area is 123 Å². The summed E-state index contributed by atoms with van der Waals surface area (Å²) >= 11 is 0. The van der Waals surface area contributed by atoms with Crippen LogP contribution in [0.25, 0.3) is 0 Å². The molecule has 0 radical (unpaired) electrons. The molecule has 0 aromatic heterocycles. The third kappa shape index (κ3) is 4.49. The average molecular weight is 297 g/mol. The molecule has 0 spiro atoms. The van der Waals surface area contributed by atoms with Crippen molar-refractivity contribution in [2.24, 2.45) is 11.8 Å². The van der Waals surface area contributed by atoms with Crippen LogP contribution in [0.15, 0.2) is 18.2 Å². The molecular weight excluding hydrogens is 276 g/mol. The Balaban J connectivity index is 1.82. The van der Waals surface area contributed by atoms with Gasteiger partial charge < -0.3 is 10.4 Å². The first kappa shape index (κ1) is 15.9. The van der Waals surface area contributed by atoms with Gasteiger partial charge in [0.1, 0.15) is 0 Å². The van der Waals surface area contributed by atoms with Gasteiger partial charge in [-0.15, -0.1) is 0 Å². The molecule has 3 nitrogen and oxygen atoms in total. The molecule has 2 atom stereocenters. The summed E-state index contributed by atoms with van der Waals surface area (Å²) in [5.41, 5.74) is 0.453. The minimum Gasteiger partial charge on any atom is -0.396 e. The Morgan fingerprint density at radius 1 is 1.19 bits per heavy atom. The molecule has 0 saturated heterocycles. The number of amides is 1. The van der Waals surface area contributed by atoms with Crippen molar-refractivity contribution in [2.45, 2.75) is 32.1 Å². The number of rotatable bonds is 5. The monoisotopic (exact) mass is 297 g/mol. The quantitative estimate of drug-likeness (QED) is 0.877. The van der Waals surface area contributed by atoms with E-state index >= 15 is 0 Å². The fourth-order valence-electron chi connectivity index (χ4n) is 2.94. The molecule has 1 amide bonds. The molecule has 2 unspecified atom stereocenters. The van der Waals surface area contributed by atoms with E-state index in [4.69, 9.17) is 0 Å².